The van der Waals surface area contributed by atoms with Crippen LogP contribution in [0, 0.1) is 5.92 Å². The van der Waals surface area contributed by atoms with Crippen LogP contribution >= 0.6 is 0 Å². The Morgan fingerprint density at radius 1 is 1.22 bits per heavy atom. The van der Waals surface area contributed by atoms with Crippen LogP contribution in [0.1, 0.15) is 31.1 Å². The summed E-state index contributed by atoms with van der Waals surface area (Å²) in [6, 6.07) is 8.86. The van der Waals surface area contributed by atoms with E-state index >= 15 is 0 Å². The van der Waals surface area contributed by atoms with E-state index in [2.05, 4.69) is 0 Å². The van der Waals surface area contributed by atoms with Crippen LogP contribution in [-0.2, 0) is 4.79 Å². The molecule has 0 saturated heterocycles. The molecule has 4 nitrogen and oxygen atoms in total. The van der Waals surface area contributed by atoms with E-state index < -0.39 is 11.4 Å². The molecule has 1 atom stereocenters. The second-order valence-corrected chi connectivity index (χ2v) is 4.90. The lowest BCUT2D eigenvalue weighted by molar-refractivity contribution is -0.129. The number of hydrogen-bond donors (Lipinski definition) is 1. The maximum atomic E-state index is 12.3. The van der Waals surface area contributed by atoms with Gasteiger partial charge >= 0.3 is 0 Å². The van der Waals surface area contributed by atoms with Crippen LogP contribution in [0.5, 0.6) is 0 Å². The highest BCUT2D eigenvalue weighted by Gasteiger charge is 2.41. The summed E-state index contributed by atoms with van der Waals surface area (Å²) in [5, 5.41) is 0. The SMILES string of the molecule is CC(C)[C@@](C)(C(N)=O)N(C)C(=O)c1ccccc1. The number of amides is 2. The van der Waals surface area contributed by atoms with Crippen molar-refractivity contribution in [1.82, 2.24) is 4.90 Å². The van der Waals surface area contributed by atoms with Crippen molar-refractivity contribution in [2.24, 2.45) is 11.7 Å². The summed E-state index contributed by atoms with van der Waals surface area (Å²) in [5.74, 6) is -0.762. The Kier molecular flexibility index (Phi) is 4.11. The largest absolute Gasteiger partial charge is 0.368 e. The first-order valence-electron chi connectivity index (χ1n) is 5.95. The monoisotopic (exact) mass is 248 g/mol. The molecular formula is C14H20N2O2. The molecule has 2 N–H and O–H groups in total. The number of likely N-dealkylation sites (N-methyl/N-ethyl adjacent to an activating group) is 1. The van der Waals surface area contributed by atoms with Gasteiger partial charge < -0.3 is 10.6 Å². The topological polar surface area (TPSA) is 63.4 Å². The number of hydrogen-bond acceptors (Lipinski definition) is 2. The maximum Gasteiger partial charge on any atom is 0.254 e. The lowest BCUT2D eigenvalue weighted by Gasteiger charge is -2.39. The maximum absolute atomic E-state index is 12.3. The first kappa shape index (κ1) is 14.2. The molecule has 2 amide bonds. The highest BCUT2D eigenvalue weighted by Crippen LogP contribution is 2.24. The number of nitrogens with two attached hydrogens (primary N) is 1. The van der Waals surface area contributed by atoms with E-state index in [0.717, 1.165) is 0 Å². The lowest BCUT2D eigenvalue weighted by Crippen LogP contribution is -2.59. The molecule has 98 valence electrons. The summed E-state index contributed by atoms with van der Waals surface area (Å²) in [4.78, 5) is 25.4. The van der Waals surface area contributed by atoms with Gasteiger partial charge in [0.2, 0.25) is 5.91 Å². The third-order valence-corrected chi connectivity index (χ3v) is 3.65. The Labute approximate surface area is 108 Å². The second kappa shape index (κ2) is 5.21. The third-order valence-electron chi connectivity index (χ3n) is 3.65. The molecule has 0 radical (unpaired) electrons. The Morgan fingerprint density at radius 3 is 2.11 bits per heavy atom. The second-order valence-electron chi connectivity index (χ2n) is 4.90. The minimum atomic E-state index is -0.993. The Hall–Kier alpha value is -1.84. The number of carbonyl (C=O) groups is 2. The fourth-order valence-corrected chi connectivity index (χ4v) is 1.82. The van der Waals surface area contributed by atoms with Gasteiger partial charge in [-0.3, -0.25) is 9.59 Å². The summed E-state index contributed by atoms with van der Waals surface area (Å²) in [6.07, 6.45) is 0. The van der Waals surface area contributed by atoms with Gasteiger partial charge in [0, 0.05) is 12.6 Å². The highest BCUT2D eigenvalue weighted by atomic mass is 16.2. The van der Waals surface area contributed by atoms with Crippen molar-refractivity contribution in [2.75, 3.05) is 7.05 Å². The molecule has 1 aromatic rings. The van der Waals surface area contributed by atoms with Gasteiger partial charge in [-0.2, -0.15) is 0 Å². The molecule has 1 aromatic carbocycles. The van der Waals surface area contributed by atoms with Gasteiger partial charge in [-0.05, 0) is 25.0 Å². The number of carbonyl (C=O) groups excluding carboxylic acids is 2. The number of nitrogens with zero attached hydrogens (tertiary/aromatic N) is 1. The van der Waals surface area contributed by atoms with E-state index in [0.29, 0.717) is 5.56 Å². The molecule has 0 heterocycles. The van der Waals surface area contributed by atoms with Gasteiger partial charge in [-0.1, -0.05) is 32.0 Å². The van der Waals surface area contributed by atoms with E-state index in [-0.39, 0.29) is 11.8 Å². The molecule has 4 heteroatoms. The van der Waals surface area contributed by atoms with Crippen LogP contribution in [0.2, 0.25) is 0 Å². The predicted octanol–water partition coefficient (Wildman–Crippen LogP) is 1.66. The first-order valence-corrected chi connectivity index (χ1v) is 5.95. The minimum absolute atomic E-state index is 0.0623. The average molecular weight is 248 g/mol. The molecule has 0 saturated carbocycles. The molecule has 0 aliphatic carbocycles. The van der Waals surface area contributed by atoms with Gasteiger partial charge in [0.15, 0.2) is 0 Å². The summed E-state index contributed by atoms with van der Waals surface area (Å²) >= 11 is 0. The quantitative estimate of drug-likeness (QED) is 0.880. The van der Waals surface area contributed by atoms with Crippen molar-refractivity contribution >= 4 is 11.8 Å². The number of benzene rings is 1. The summed E-state index contributed by atoms with van der Waals surface area (Å²) in [5.41, 5.74) is 5.01. The van der Waals surface area contributed by atoms with Crippen LogP contribution in [-0.4, -0.2) is 29.3 Å². The lowest BCUT2D eigenvalue weighted by atomic mass is 9.85. The summed E-state index contributed by atoms with van der Waals surface area (Å²) in [7, 11) is 1.61. The van der Waals surface area contributed by atoms with E-state index in [1.54, 1.807) is 38.2 Å². The molecule has 1 rings (SSSR count). The Bertz CT molecular complexity index is 442. The van der Waals surface area contributed by atoms with Crippen LogP contribution in [0.3, 0.4) is 0 Å². The fourth-order valence-electron chi connectivity index (χ4n) is 1.82. The molecule has 0 bridgehead atoms. The summed E-state index contributed by atoms with van der Waals surface area (Å²) < 4.78 is 0. The normalized spacial score (nSPS) is 14.1. The molecule has 0 aromatic heterocycles. The molecular weight excluding hydrogens is 228 g/mol. The van der Waals surface area contributed by atoms with Crippen LogP contribution in [0.25, 0.3) is 0 Å². The van der Waals surface area contributed by atoms with E-state index in [1.165, 1.54) is 4.90 Å². The standard InChI is InChI=1S/C14H20N2O2/c1-10(2)14(3,13(15)18)16(4)12(17)11-8-6-5-7-9-11/h5-10H,1-4H3,(H2,15,18)/t14-/m0/s1. The molecule has 0 aliphatic rings. The third kappa shape index (κ3) is 2.37. The van der Waals surface area contributed by atoms with E-state index in [4.69, 9.17) is 5.73 Å². The molecule has 0 fully saturated rings. The van der Waals surface area contributed by atoms with Crippen LogP contribution < -0.4 is 5.73 Å². The molecule has 0 unspecified atom stereocenters. The smallest absolute Gasteiger partial charge is 0.254 e. The zero-order chi connectivity index (χ0) is 13.9. The van der Waals surface area contributed by atoms with Gasteiger partial charge in [-0.15, -0.1) is 0 Å². The highest BCUT2D eigenvalue weighted by molar-refractivity contribution is 5.98. The van der Waals surface area contributed by atoms with E-state index in [1.807, 2.05) is 19.9 Å². The van der Waals surface area contributed by atoms with Crippen molar-refractivity contribution in [1.29, 1.82) is 0 Å². The average Bonchev–Trinajstić information content (AvgIpc) is 2.36. The number of primary amides is 1. The molecule has 0 spiro atoms. The fraction of sp³-hybridized carbons (Fsp3) is 0.429. The van der Waals surface area contributed by atoms with Crippen LogP contribution in [0.15, 0.2) is 30.3 Å². The van der Waals surface area contributed by atoms with Crippen LogP contribution in [0.4, 0.5) is 0 Å². The van der Waals surface area contributed by atoms with Crippen molar-refractivity contribution in [3.63, 3.8) is 0 Å². The predicted molar refractivity (Wildman–Crippen MR) is 71.0 cm³/mol. The van der Waals surface area contributed by atoms with Crippen molar-refractivity contribution < 1.29 is 9.59 Å². The van der Waals surface area contributed by atoms with Gasteiger partial charge in [0.05, 0.1) is 0 Å². The van der Waals surface area contributed by atoms with Gasteiger partial charge in [0.1, 0.15) is 5.54 Å². The summed E-state index contributed by atoms with van der Waals surface area (Å²) in [6.45, 7) is 5.44. The Morgan fingerprint density at radius 2 is 1.72 bits per heavy atom. The number of rotatable bonds is 4. The van der Waals surface area contributed by atoms with Crippen molar-refractivity contribution in [2.45, 2.75) is 26.3 Å². The minimum Gasteiger partial charge on any atom is -0.368 e. The van der Waals surface area contributed by atoms with Gasteiger partial charge in [0.25, 0.3) is 5.91 Å². The van der Waals surface area contributed by atoms with E-state index in [9.17, 15) is 9.59 Å². The Balaban J connectivity index is 3.09. The van der Waals surface area contributed by atoms with Gasteiger partial charge in [-0.25, -0.2) is 0 Å². The van der Waals surface area contributed by atoms with Crippen molar-refractivity contribution in [3.05, 3.63) is 35.9 Å². The molecule has 0 aliphatic heterocycles. The van der Waals surface area contributed by atoms with Crippen molar-refractivity contribution in [3.8, 4) is 0 Å². The zero-order valence-electron chi connectivity index (χ0n) is 11.3. The molecule has 18 heavy (non-hydrogen) atoms. The first-order chi connectivity index (χ1) is 8.31. The zero-order valence-corrected chi connectivity index (χ0v) is 11.3.